The van der Waals surface area contributed by atoms with Gasteiger partial charge in [-0.05, 0) is 73.2 Å². The van der Waals surface area contributed by atoms with Crippen molar-refractivity contribution >= 4 is 44.8 Å². The van der Waals surface area contributed by atoms with Gasteiger partial charge in [0.25, 0.3) is 5.91 Å². The fraction of sp³-hybridized carbons (Fsp3) is 0.361. The van der Waals surface area contributed by atoms with Crippen LogP contribution in [0.15, 0.2) is 67.0 Å². The molecule has 0 bridgehead atoms. The molecule has 1 amide bonds. The van der Waals surface area contributed by atoms with Crippen LogP contribution in [0.2, 0.25) is 10.0 Å². The maximum atomic E-state index is 13.7. The van der Waals surface area contributed by atoms with Gasteiger partial charge in [-0.15, -0.1) is 0 Å². The first-order chi connectivity index (χ1) is 25.2. The number of halogens is 4. The minimum absolute atomic E-state index is 0.0223. The molecule has 2 aromatic heterocycles. The first kappa shape index (κ1) is 38.6. The van der Waals surface area contributed by atoms with Gasteiger partial charge < -0.3 is 29.3 Å². The van der Waals surface area contributed by atoms with Crippen molar-refractivity contribution < 1.29 is 46.4 Å². The van der Waals surface area contributed by atoms with E-state index >= 15 is 0 Å². The number of β-amino-alcohol motifs (C(OH)–C–C–N with tert-alkyl or cyclic N) is 1. The lowest BCUT2D eigenvalue weighted by Crippen LogP contribution is -2.37. The molecule has 4 aromatic rings. The molecule has 0 radical (unpaired) electrons. The van der Waals surface area contributed by atoms with Crippen LogP contribution in [0.25, 0.3) is 0 Å². The van der Waals surface area contributed by atoms with Crippen molar-refractivity contribution in [3.63, 3.8) is 0 Å². The lowest BCUT2D eigenvalue weighted by atomic mass is 10.0. The van der Waals surface area contributed by atoms with Crippen LogP contribution >= 0.6 is 23.2 Å². The molecule has 0 saturated heterocycles. The average molecular weight is 794 g/mol. The van der Waals surface area contributed by atoms with Gasteiger partial charge in [-0.3, -0.25) is 19.1 Å². The van der Waals surface area contributed by atoms with Crippen molar-refractivity contribution in [3.8, 4) is 11.5 Å². The van der Waals surface area contributed by atoms with Crippen LogP contribution in [-0.4, -0.2) is 71.7 Å². The van der Waals surface area contributed by atoms with Gasteiger partial charge >= 0.3 is 6.61 Å². The molecular formula is C36H36Cl2F2N4O8S. The summed E-state index contributed by atoms with van der Waals surface area (Å²) in [5.74, 6) is -0.524. The fourth-order valence-corrected chi connectivity index (χ4v) is 7.33. The number of anilines is 1. The zero-order valence-corrected chi connectivity index (χ0v) is 30.9. The summed E-state index contributed by atoms with van der Waals surface area (Å²) in [6, 6.07) is 13.8. The number of carbonyl (C=O) groups excluding carboxylic acids is 1. The molecular weight excluding hydrogens is 757 g/mol. The second-order valence-electron chi connectivity index (χ2n) is 12.8. The van der Waals surface area contributed by atoms with E-state index in [2.05, 4.69) is 14.7 Å². The number of aliphatic hydroxyl groups is 2. The summed E-state index contributed by atoms with van der Waals surface area (Å²) in [6.07, 6.45) is 1.45. The number of hydrogen-bond acceptors (Lipinski definition) is 10. The Hall–Kier alpha value is -4.12. The SMILES string of the molecule is Cc1cccc(CN(c2ccc3c(c2)C(=O)N(CC(O)O[C@@H](Cc2c(Cl)cncc2Cl)c2ccc(OC(F)F)c(OCC4CC4)c2)C3O)S(C)(=O)=O)n1. The molecule has 3 atom stereocenters. The second-order valence-corrected chi connectivity index (χ2v) is 15.6. The number of rotatable bonds is 16. The molecule has 53 heavy (non-hydrogen) atoms. The molecule has 3 heterocycles. The molecule has 1 fully saturated rings. The van der Waals surface area contributed by atoms with Crippen LogP contribution in [0.1, 0.15) is 63.6 Å². The van der Waals surface area contributed by atoms with E-state index in [-0.39, 0.29) is 51.3 Å². The molecule has 6 rings (SSSR count). The number of alkyl halides is 2. The summed E-state index contributed by atoms with van der Waals surface area (Å²) in [6.45, 7) is -1.63. The number of carbonyl (C=O) groups is 1. The Kier molecular flexibility index (Phi) is 11.7. The van der Waals surface area contributed by atoms with Gasteiger partial charge in [0.2, 0.25) is 10.0 Å². The number of aliphatic hydroxyl groups excluding tert-OH is 2. The smallest absolute Gasteiger partial charge is 0.387 e. The van der Waals surface area contributed by atoms with Crippen LogP contribution in [0.3, 0.4) is 0 Å². The van der Waals surface area contributed by atoms with E-state index in [1.165, 1.54) is 48.8 Å². The molecule has 2 aromatic carbocycles. The average Bonchev–Trinajstić information content (AvgIpc) is 3.90. The Bertz CT molecular complexity index is 2070. The van der Waals surface area contributed by atoms with Gasteiger partial charge in [0.05, 0.1) is 53.5 Å². The van der Waals surface area contributed by atoms with Crippen molar-refractivity contribution in [3.05, 3.63) is 111 Å². The first-order valence-electron chi connectivity index (χ1n) is 16.5. The highest BCUT2D eigenvalue weighted by Crippen LogP contribution is 2.39. The monoisotopic (exact) mass is 792 g/mol. The Labute approximate surface area is 314 Å². The summed E-state index contributed by atoms with van der Waals surface area (Å²) >= 11 is 12.8. The topological polar surface area (TPSA) is 152 Å². The van der Waals surface area contributed by atoms with E-state index in [4.69, 9.17) is 32.7 Å². The third-order valence-corrected chi connectivity index (χ3v) is 10.6. The van der Waals surface area contributed by atoms with Gasteiger partial charge in [-0.25, -0.2) is 8.42 Å². The highest BCUT2D eigenvalue weighted by atomic mass is 35.5. The number of ether oxygens (including phenoxy) is 3. The number of nitrogens with zero attached hydrogens (tertiary/aromatic N) is 4. The normalized spacial score (nSPS) is 16.8. The van der Waals surface area contributed by atoms with E-state index in [9.17, 15) is 32.2 Å². The molecule has 1 aliphatic carbocycles. The third kappa shape index (κ3) is 9.34. The van der Waals surface area contributed by atoms with Crippen molar-refractivity contribution in [1.29, 1.82) is 0 Å². The van der Waals surface area contributed by atoms with E-state index in [0.717, 1.165) is 28.3 Å². The lowest BCUT2D eigenvalue weighted by molar-refractivity contribution is -0.155. The maximum Gasteiger partial charge on any atom is 0.387 e. The van der Waals surface area contributed by atoms with Gasteiger partial charge in [0.1, 0.15) is 0 Å². The van der Waals surface area contributed by atoms with Crippen molar-refractivity contribution in [1.82, 2.24) is 14.9 Å². The van der Waals surface area contributed by atoms with Gasteiger partial charge in [0, 0.05) is 35.6 Å². The molecule has 2 N–H and O–H groups in total. The minimum Gasteiger partial charge on any atom is -0.489 e. The predicted octanol–water partition coefficient (Wildman–Crippen LogP) is 6.21. The largest absolute Gasteiger partial charge is 0.489 e. The fourth-order valence-electron chi connectivity index (χ4n) is 5.95. The predicted molar refractivity (Wildman–Crippen MR) is 192 cm³/mol. The summed E-state index contributed by atoms with van der Waals surface area (Å²) in [4.78, 5) is 23.0. The number of sulfonamides is 1. The van der Waals surface area contributed by atoms with Crippen LogP contribution in [-0.2, 0) is 27.7 Å². The third-order valence-electron chi connectivity index (χ3n) is 8.78. The summed E-state index contributed by atoms with van der Waals surface area (Å²) < 4.78 is 69.9. The minimum atomic E-state index is -3.83. The van der Waals surface area contributed by atoms with Crippen molar-refractivity contribution in [2.24, 2.45) is 5.92 Å². The number of pyridine rings is 2. The lowest BCUT2D eigenvalue weighted by Gasteiger charge is -2.28. The van der Waals surface area contributed by atoms with E-state index < -0.39 is 47.7 Å². The molecule has 17 heteroatoms. The van der Waals surface area contributed by atoms with Gasteiger partial charge in [-0.2, -0.15) is 8.78 Å². The highest BCUT2D eigenvalue weighted by molar-refractivity contribution is 7.92. The van der Waals surface area contributed by atoms with Crippen LogP contribution < -0.4 is 13.8 Å². The molecule has 2 aliphatic rings. The molecule has 2 unspecified atom stereocenters. The summed E-state index contributed by atoms with van der Waals surface area (Å²) in [5, 5.41) is 22.9. The second kappa shape index (κ2) is 16.1. The van der Waals surface area contributed by atoms with E-state index in [1.54, 1.807) is 25.1 Å². The van der Waals surface area contributed by atoms with E-state index in [0.29, 0.717) is 35.0 Å². The Morgan fingerprint density at radius 1 is 1.06 bits per heavy atom. The Morgan fingerprint density at radius 2 is 1.79 bits per heavy atom. The van der Waals surface area contributed by atoms with Gasteiger partial charge in [0.15, 0.2) is 24.0 Å². The number of benzene rings is 2. The molecule has 1 saturated carbocycles. The first-order valence-corrected chi connectivity index (χ1v) is 19.1. The molecule has 12 nitrogen and oxygen atoms in total. The zero-order chi connectivity index (χ0) is 38.0. The number of amides is 1. The summed E-state index contributed by atoms with van der Waals surface area (Å²) in [7, 11) is -3.83. The van der Waals surface area contributed by atoms with Crippen LogP contribution in [0.5, 0.6) is 11.5 Å². The van der Waals surface area contributed by atoms with Crippen LogP contribution in [0.4, 0.5) is 14.5 Å². The molecule has 1 aliphatic heterocycles. The van der Waals surface area contributed by atoms with Gasteiger partial charge in [-0.1, -0.05) is 41.4 Å². The quantitative estimate of drug-likeness (QED) is 0.125. The van der Waals surface area contributed by atoms with E-state index in [1.807, 2.05) is 0 Å². The number of aromatic nitrogens is 2. The maximum absolute atomic E-state index is 13.7. The molecule has 0 spiro atoms. The standard InChI is InChI=1S/C36H36Cl2F2N4O8S/c1-20-4-3-5-23(42-20)17-44(53(2,48)49)24-9-10-25-26(13-24)35(47)43(34(25)46)18-33(45)51-31(14-27-28(37)15-41-16-29(27)38)22-8-11-30(52-36(39)40)32(12-22)50-19-21-6-7-21/h3-5,8-13,15-16,21,31,33-34,36,45-46H,6-7,14,17-19H2,1-2H3/t31-,33?,34?/m0/s1. The number of hydrogen-bond donors (Lipinski definition) is 2. The van der Waals surface area contributed by atoms with Crippen LogP contribution in [0, 0.1) is 12.8 Å². The Morgan fingerprint density at radius 3 is 2.45 bits per heavy atom. The zero-order valence-electron chi connectivity index (χ0n) is 28.5. The number of aryl methyl sites for hydroxylation is 1. The Balaban J connectivity index is 1.25. The highest BCUT2D eigenvalue weighted by Gasteiger charge is 2.38. The summed E-state index contributed by atoms with van der Waals surface area (Å²) in [5.41, 5.74) is 2.41. The molecule has 282 valence electrons. The van der Waals surface area contributed by atoms with Crippen molar-refractivity contribution in [2.45, 2.75) is 58.0 Å². The van der Waals surface area contributed by atoms with Crippen molar-refractivity contribution in [2.75, 3.05) is 23.7 Å². The number of fused-ring (bicyclic) bond motifs is 1.